The predicted octanol–water partition coefficient (Wildman–Crippen LogP) is 4.42. The first-order valence-electron chi connectivity index (χ1n) is 12.1. The van der Waals surface area contributed by atoms with Gasteiger partial charge in [0.25, 0.3) is 0 Å². The van der Waals surface area contributed by atoms with Crippen LogP contribution >= 0.6 is 12.4 Å². The van der Waals surface area contributed by atoms with Crippen LogP contribution < -0.4 is 0 Å². The molecule has 2 aromatic carbocycles. The highest BCUT2D eigenvalue weighted by molar-refractivity contribution is 5.85. The first kappa shape index (κ1) is 26.1. The summed E-state index contributed by atoms with van der Waals surface area (Å²) in [5, 5.41) is 9.07. The maximum atomic E-state index is 13.5. The Morgan fingerprint density at radius 3 is 2.43 bits per heavy atom. The number of likely N-dealkylation sites (tertiary alicyclic amines) is 1. The molecule has 0 radical (unpaired) electrons. The Hall–Kier alpha value is -3.99. The summed E-state index contributed by atoms with van der Waals surface area (Å²) in [6.45, 7) is 3.18. The Balaban J connectivity index is 0.00000320. The number of amides is 1. The van der Waals surface area contributed by atoms with Crippen molar-refractivity contribution in [3.05, 3.63) is 120 Å². The van der Waals surface area contributed by atoms with Gasteiger partial charge in [-0.15, -0.1) is 12.4 Å². The molecule has 5 rings (SSSR count). The molecule has 188 valence electrons. The van der Waals surface area contributed by atoms with Gasteiger partial charge in [-0.25, -0.2) is 4.98 Å². The predicted molar refractivity (Wildman–Crippen MR) is 143 cm³/mol. The third kappa shape index (κ3) is 6.42. The van der Waals surface area contributed by atoms with Gasteiger partial charge >= 0.3 is 0 Å². The zero-order valence-electron chi connectivity index (χ0n) is 20.5. The number of hydrogen-bond donors (Lipinski definition) is 0. The monoisotopic (exact) mass is 512 g/mol. The second-order valence-electron chi connectivity index (χ2n) is 9.10. The minimum absolute atomic E-state index is 0. The summed E-state index contributed by atoms with van der Waals surface area (Å²) in [5.74, 6) is 0.160. The maximum Gasteiger partial charge on any atom is 0.240 e. The molecule has 0 N–H and O–H groups in total. The van der Waals surface area contributed by atoms with Crippen molar-refractivity contribution < 1.29 is 4.79 Å². The molecular formula is C29H29ClN6O. The van der Waals surface area contributed by atoms with Crippen molar-refractivity contribution in [2.75, 3.05) is 6.54 Å². The van der Waals surface area contributed by atoms with Gasteiger partial charge in [0.15, 0.2) is 0 Å². The molecule has 37 heavy (non-hydrogen) atoms. The molecule has 1 aliphatic rings. The highest BCUT2D eigenvalue weighted by atomic mass is 35.5. The molecule has 0 bridgehead atoms. The van der Waals surface area contributed by atoms with E-state index < -0.39 is 0 Å². The summed E-state index contributed by atoms with van der Waals surface area (Å²) in [6, 6.07) is 25.6. The highest BCUT2D eigenvalue weighted by Gasteiger charge is 2.36. The number of halogens is 1. The number of pyridine rings is 1. The molecule has 0 saturated carbocycles. The van der Waals surface area contributed by atoms with Crippen molar-refractivity contribution in [1.29, 1.82) is 5.26 Å². The molecule has 0 aliphatic carbocycles. The number of rotatable bonds is 9. The number of carbonyl (C=O) groups excluding carboxylic acids is 1. The summed E-state index contributed by atoms with van der Waals surface area (Å²) in [6.07, 6.45) is 6.27. The van der Waals surface area contributed by atoms with E-state index >= 15 is 0 Å². The number of imidazole rings is 1. The van der Waals surface area contributed by atoms with Gasteiger partial charge in [-0.05, 0) is 41.8 Å². The fourth-order valence-corrected chi connectivity index (χ4v) is 4.71. The van der Waals surface area contributed by atoms with Crippen molar-refractivity contribution in [2.24, 2.45) is 0 Å². The Bertz CT molecular complexity index is 1330. The molecule has 4 aromatic rings. The quantitative estimate of drug-likeness (QED) is 0.331. The van der Waals surface area contributed by atoms with E-state index in [9.17, 15) is 4.79 Å². The second-order valence-corrected chi connectivity index (χ2v) is 9.10. The zero-order chi connectivity index (χ0) is 24.7. The van der Waals surface area contributed by atoms with E-state index in [1.807, 2.05) is 78.1 Å². The minimum atomic E-state index is -0.214. The van der Waals surface area contributed by atoms with Crippen molar-refractivity contribution in [2.45, 2.75) is 38.6 Å². The smallest absolute Gasteiger partial charge is 0.240 e. The summed E-state index contributed by atoms with van der Waals surface area (Å²) < 4.78 is 2.11. The lowest BCUT2D eigenvalue weighted by molar-refractivity contribution is -0.133. The van der Waals surface area contributed by atoms with Gasteiger partial charge < -0.3 is 9.47 Å². The van der Waals surface area contributed by atoms with Crippen LogP contribution in [0.3, 0.4) is 0 Å². The van der Waals surface area contributed by atoms with Crippen molar-refractivity contribution in [1.82, 2.24) is 24.3 Å². The van der Waals surface area contributed by atoms with E-state index in [2.05, 4.69) is 37.6 Å². The van der Waals surface area contributed by atoms with Gasteiger partial charge in [-0.1, -0.05) is 48.5 Å². The van der Waals surface area contributed by atoms with Crippen LogP contribution in [0, 0.1) is 11.3 Å². The Morgan fingerprint density at radius 2 is 1.70 bits per heavy atom. The topological polar surface area (TPSA) is 78.1 Å². The average Bonchev–Trinajstić information content (AvgIpc) is 3.51. The van der Waals surface area contributed by atoms with Crippen molar-refractivity contribution >= 4 is 18.3 Å². The van der Waals surface area contributed by atoms with Crippen molar-refractivity contribution in [3.63, 3.8) is 0 Å². The van der Waals surface area contributed by atoms with Crippen LogP contribution in [0.2, 0.25) is 0 Å². The van der Waals surface area contributed by atoms with E-state index in [1.165, 1.54) is 0 Å². The highest BCUT2D eigenvalue weighted by Crippen LogP contribution is 2.23. The van der Waals surface area contributed by atoms with Crippen LogP contribution in [0.5, 0.6) is 0 Å². The minimum Gasteiger partial charge on any atom is -0.337 e. The van der Waals surface area contributed by atoms with Crippen molar-refractivity contribution in [3.8, 4) is 6.07 Å². The first-order valence-corrected chi connectivity index (χ1v) is 12.1. The van der Waals surface area contributed by atoms with E-state index in [1.54, 1.807) is 6.20 Å². The van der Waals surface area contributed by atoms with Crippen LogP contribution in [-0.4, -0.2) is 42.8 Å². The fourth-order valence-electron chi connectivity index (χ4n) is 4.71. The Kier molecular flexibility index (Phi) is 8.68. The van der Waals surface area contributed by atoms with Crippen LogP contribution in [0.25, 0.3) is 0 Å². The lowest BCUT2D eigenvalue weighted by Crippen LogP contribution is -2.41. The summed E-state index contributed by atoms with van der Waals surface area (Å²) in [4.78, 5) is 26.6. The van der Waals surface area contributed by atoms with Gasteiger partial charge in [0.1, 0.15) is 0 Å². The number of aromatic nitrogens is 3. The third-order valence-electron chi connectivity index (χ3n) is 6.62. The molecule has 1 amide bonds. The molecule has 1 aliphatic heterocycles. The third-order valence-corrected chi connectivity index (χ3v) is 6.62. The first-order chi connectivity index (χ1) is 17.7. The molecule has 8 heteroatoms. The Labute approximate surface area is 223 Å². The summed E-state index contributed by atoms with van der Waals surface area (Å²) in [5.41, 5.74) is 4.85. The van der Waals surface area contributed by atoms with Gasteiger partial charge in [0.05, 0.1) is 35.4 Å². The molecule has 1 atom stereocenters. The summed E-state index contributed by atoms with van der Waals surface area (Å²) >= 11 is 0. The number of benzene rings is 2. The van der Waals surface area contributed by atoms with E-state index in [0.717, 1.165) is 35.5 Å². The molecule has 2 aromatic heterocycles. The lowest BCUT2D eigenvalue weighted by Gasteiger charge is -2.28. The number of nitriles is 1. The van der Waals surface area contributed by atoms with E-state index in [0.29, 0.717) is 31.7 Å². The normalized spacial score (nSPS) is 15.0. The molecule has 1 saturated heterocycles. The summed E-state index contributed by atoms with van der Waals surface area (Å²) in [7, 11) is 0. The second kappa shape index (κ2) is 12.3. The maximum absolute atomic E-state index is 13.5. The van der Waals surface area contributed by atoms with Crippen LogP contribution in [0.4, 0.5) is 0 Å². The van der Waals surface area contributed by atoms with Crippen LogP contribution in [0.1, 0.15) is 34.5 Å². The van der Waals surface area contributed by atoms with Gasteiger partial charge in [0, 0.05) is 45.1 Å². The Morgan fingerprint density at radius 1 is 0.946 bits per heavy atom. The number of carbonyl (C=O) groups is 1. The number of nitrogens with zero attached hydrogens (tertiary/aromatic N) is 6. The molecule has 3 heterocycles. The molecule has 0 spiro atoms. The fraction of sp³-hybridized carbons (Fsp3) is 0.241. The standard InChI is InChI=1S/C29H28N6O.ClH/c30-16-23-9-11-25(12-10-23)19-35-22-31-17-27(35)21-34(20-26-8-4-5-14-32-26)28-13-15-33(29(28)36)18-24-6-2-1-3-7-24;/h1-12,14,17,22,28H,13,15,18-21H2;1H/t28-;/m0./s1. The van der Waals surface area contributed by atoms with Crippen LogP contribution in [0.15, 0.2) is 91.5 Å². The number of hydrogen-bond acceptors (Lipinski definition) is 5. The van der Waals surface area contributed by atoms with E-state index in [4.69, 9.17) is 5.26 Å². The van der Waals surface area contributed by atoms with Crippen LogP contribution in [-0.2, 0) is 31.0 Å². The largest absolute Gasteiger partial charge is 0.337 e. The molecule has 1 fully saturated rings. The lowest BCUT2D eigenvalue weighted by atomic mass is 10.1. The molecule has 7 nitrogen and oxygen atoms in total. The van der Waals surface area contributed by atoms with E-state index in [-0.39, 0.29) is 24.4 Å². The van der Waals surface area contributed by atoms with Gasteiger partial charge in [-0.2, -0.15) is 5.26 Å². The SMILES string of the molecule is Cl.N#Cc1ccc(Cn2cncc2CN(Cc2ccccn2)[C@H]2CCN(Cc3ccccc3)C2=O)cc1. The van der Waals surface area contributed by atoms with Gasteiger partial charge in [0.2, 0.25) is 5.91 Å². The molecular weight excluding hydrogens is 484 g/mol. The average molecular weight is 513 g/mol. The van der Waals surface area contributed by atoms with Gasteiger partial charge in [-0.3, -0.25) is 14.7 Å². The molecule has 0 unspecified atom stereocenters. The zero-order valence-corrected chi connectivity index (χ0v) is 21.3.